The molecule has 0 unspecified atom stereocenters. The summed E-state index contributed by atoms with van der Waals surface area (Å²) in [7, 11) is 0. The second kappa shape index (κ2) is 3.38. The first-order chi connectivity index (χ1) is 6.31. The van der Waals surface area contributed by atoms with Gasteiger partial charge in [-0.3, -0.25) is 4.98 Å². The molecule has 1 heterocycles. The monoisotopic (exact) mass is 189 g/mol. The van der Waals surface area contributed by atoms with E-state index < -0.39 is 0 Å². The van der Waals surface area contributed by atoms with E-state index in [4.69, 9.17) is 0 Å². The lowest BCUT2D eigenvalue weighted by atomic mass is 10.1. The molecule has 1 nitrogen and oxygen atoms in total. The predicted molar refractivity (Wildman–Crippen MR) is 58.3 cm³/mol. The molecule has 66 valence electrons. The van der Waals surface area contributed by atoms with Crippen molar-refractivity contribution in [2.24, 2.45) is 0 Å². The summed E-state index contributed by atoms with van der Waals surface area (Å²) in [4.78, 5) is 5.61. The second-order valence-electron chi connectivity index (χ2n) is 3.01. The molecule has 0 spiro atoms. The highest BCUT2D eigenvalue weighted by Crippen LogP contribution is 2.22. The molecule has 0 saturated heterocycles. The minimum atomic E-state index is 1.09. The summed E-state index contributed by atoms with van der Waals surface area (Å²) in [6.07, 6.45) is 3.94. The van der Waals surface area contributed by atoms with E-state index in [1.165, 1.54) is 15.8 Å². The molecule has 0 N–H and O–H groups in total. The Balaban J connectivity index is 2.72. The molecule has 1 aromatic carbocycles. The Morgan fingerprint density at radius 1 is 1.23 bits per heavy atom. The van der Waals surface area contributed by atoms with E-state index in [0.717, 1.165) is 5.52 Å². The summed E-state index contributed by atoms with van der Waals surface area (Å²) in [6.45, 7) is 2.11. The molecule has 0 aliphatic rings. The van der Waals surface area contributed by atoms with Crippen LogP contribution in [0.15, 0.2) is 35.4 Å². The van der Waals surface area contributed by atoms with Crippen LogP contribution in [0.3, 0.4) is 0 Å². The van der Waals surface area contributed by atoms with Crippen LogP contribution in [0.2, 0.25) is 0 Å². The molecule has 0 fully saturated rings. The number of fused-ring (bicyclic) bond motifs is 1. The summed E-state index contributed by atoms with van der Waals surface area (Å²) < 4.78 is 0. The van der Waals surface area contributed by atoms with E-state index in [9.17, 15) is 0 Å². The van der Waals surface area contributed by atoms with Crippen LogP contribution in [-0.4, -0.2) is 11.2 Å². The van der Waals surface area contributed by atoms with Crippen molar-refractivity contribution >= 4 is 22.7 Å². The van der Waals surface area contributed by atoms with Gasteiger partial charge in [-0.25, -0.2) is 0 Å². The summed E-state index contributed by atoms with van der Waals surface area (Å²) in [5, 5.41) is 1.25. The molecule has 0 saturated carbocycles. The van der Waals surface area contributed by atoms with E-state index in [2.05, 4.69) is 36.4 Å². The molecule has 1 aromatic heterocycles. The number of aromatic nitrogens is 1. The van der Waals surface area contributed by atoms with E-state index in [1.54, 1.807) is 11.8 Å². The normalized spacial score (nSPS) is 10.6. The zero-order valence-corrected chi connectivity index (χ0v) is 8.56. The lowest BCUT2D eigenvalue weighted by molar-refractivity contribution is 1.34. The smallest absolute Gasteiger partial charge is 0.0715 e. The summed E-state index contributed by atoms with van der Waals surface area (Å²) in [5.41, 5.74) is 2.38. The van der Waals surface area contributed by atoms with Crippen molar-refractivity contribution in [2.75, 3.05) is 6.26 Å². The van der Waals surface area contributed by atoms with Gasteiger partial charge < -0.3 is 0 Å². The maximum atomic E-state index is 4.34. The molecule has 2 rings (SSSR count). The van der Waals surface area contributed by atoms with Gasteiger partial charge in [-0.1, -0.05) is 6.07 Å². The molecule has 0 bridgehead atoms. The molecule has 2 heteroatoms. The SMILES string of the molecule is CSc1ccc2c(C)ccnc2c1. The topological polar surface area (TPSA) is 12.9 Å². The molecule has 0 aliphatic heterocycles. The molecule has 2 aromatic rings. The second-order valence-corrected chi connectivity index (χ2v) is 3.89. The highest BCUT2D eigenvalue weighted by molar-refractivity contribution is 7.98. The van der Waals surface area contributed by atoms with Crippen LogP contribution in [0.4, 0.5) is 0 Å². The number of pyridine rings is 1. The zero-order chi connectivity index (χ0) is 9.26. The Labute approximate surface area is 82.2 Å². The average molecular weight is 189 g/mol. The number of rotatable bonds is 1. The standard InChI is InChI=1S/C11H11NS/c1-8-5-6-12-11-7-9(13-2)3-4-10(8)11/h3-7H,1-2H3. The van der Waals surface area contributed by atoms with Gasteiger partial charge in [0.15, 0.2) is 0 Å². The van der Waals surface area contributed by atoms with Crippen LogP contribution < -0.4 is 0 Å². The lowest BCUT2D eigenvalue weighted by Crippen LogP contribution is -1.82. The first-order valence-electron chi connectivity index (χ1n) is 4.20. The van der Waals surface area contributed by atoms with Crippen LogP contribution in [-0.2, 0) is 0 Å². The zero-order valence-electron chi connectivity index (χ0n) is 7.74. The first-order valence-corrected chi connectivity index (χ1v) is 5.43. The van der Waals surface area contributed by atoms with E-state index in [0.29, 0.717) is 0 Å². The van der Waals surface area contributed by atoms with Crippen molar-refractivity contribution in [3.8, 4) is 0 Å². The van der Waals surface area contributed by atoms with Crippen LogP contribution in [0.5, 0.6) is 0 Å². The molecule has 13 heavy (non-hydrogen) atoms. The third-order valence-corrected chi connectivity index (χ3v) is 2.89. The lowest BCUT2D eigenvalue weighted by Gasteiger charge is -2.02. The van der Waals surface area contributed by atoms with Crippen LogP contribution in [0.25, 0.3) is 10.9 Å². The van der Waals surface area contributed by atoms with Gasteiger partial charge in [-0.05, 0) is 36.9 Å². The maximum Gasteiger partial charge on any atom is 0.0715 e. The van der Waals surface area contributed by atoms with Gasteiger partial charge in [-0.15, -0.1) is 11.8 Å². The number of thioether (sulfide) groups is 1. The van der Waals surface area contributed by atoms with E-state index in [-0.39, 0.29) is 0 Å². The largest absolute Gasteiger partial charge is 0.256 e. The summed E-state index contributed by atoms with van der Waals surface area (Å²) in [6, 6.07) is 8.46. The Bertz CT molecular complexity index is 437. The fourth-order valence-electron chi connectivity index (χ4n) is 1.40. The number of benzene rings is 1. The van der Waals surface area contributed by atoms with Crippen molar-refractivity contribution in [1.29, 1.82) is 0 Å². The van der Waals surface area contributed by atoms with Crippen molar-refractivity contribution in [3.63, 3.8) is 0 Å². The third-order valence-electron chi connectivity index (χ3n) is 2.17. The van der Waals surface area contributed by atoms with Crippen molar-refractivity contribution in [3.05, 3.63) is 36.0 Å². The molecule has 0 atom stereocenters. The fraction of sp³-hybridized carbons (Fsp3) is 0.182. The predicted octanol–water partition coefficient (Wildman–Crippen LogP) is 3.27. The fourth-order valence-corrected chi connectivity index (χ4v) is 1.83. The van der Waals surface area contributed by atoms with Crippen LogP contribution in [0.1, 0.15) is 5.56 Å². The molecule has 0 aliphatic carbocycles. The van der Waals surface area contributed by atoms with Crippen LogP contribution >= 0.6 is 11.8 Å². The molecular weight excluding hydrogens is 178 g/mol. The van der Waals surface area contributed by atoms with Crippen molar-refractivity contribution in [2.45, 2.75) is 11.8 Å². The Morgan fingerprint density at radius 3 is 2.85 bits per heavy atom. The maximum absolute atomic E-state index is 4.34. The minimum Gasteiger partial charge on any atom is -0.256 e. The van der Waals surface area contributed by atoms with Crippen LogP contribution in [0, 0.1) is 6.92 Å². The quantitative estimate of drug-likeness (QED) is 0.639. The average Bonchev–Trinajstić information content (AvgIpc) is 2.18. The molecule has 0 amide bonds. The summed E-state index contributed by atoms with van der Waals surface area (Å²) in [5.74, 6) is 0. The van der Waals surface area contributed by atoms with Gasteiger partial charge in [0.05, 0.1) is 5.52 Å². The van der Waals surface area contributed by atoms with Gasteiger partial charge in [0.2, 0.25) is 0 Å². The molecular formula is C11H11NS. The van der Waals surface area contributed by atoms with E-state index >= 15 is 0 Å². The number of aryl methyl sites for hydroxylation is 1. The van der Waals surface area contributed by atoms with Gasteiger partial charge in [0.1, 0.15) is 0 Å². The van der Waals surface area contributed by atoms with Crippen molar-refractivity contribution in [1.82, 2.24) is 4.98 Å². The molecule has 0 radical (unpaired) electrons. The third kappa shape index (κ3) is 1.54. The highest BCUT2D eigenvalue weighted by Gasteiger charge is 1.98. The van der Waals surface area contributed by atoms with Crippen molar-refractivity contribution < 1.29 is 0 Å². The highest BCUT2D eigenvalue weighted by atomic mass is 32.2. The Hall–Kier alpha value is -1.02. The van der Waals surface area contributed by atoms with Gasteiger partial charge in [0.25, 0.3) is 0 Å². The number of nitrogens with zero attached hydrogens (tertiary/aromatic N) is 1. The summed E-state index contributed by atoms with van der Waals surface area (Å²) >= 11 is 1.75. The minimum absolute atomic E-state index is 1.09. The number of hydrogen-bond acceptors (Lipinski definition) is 2. The van der Waals surface area contributed by atoms with Gasteiger partial charge in [-0.2, -0.15) is 0 Å². The Morgan fingerprint density at radius 2 is 2.08 bits per heavy atom. The first kappa shape index (κ1) is 8.57. The van der Waals surface area contributed by atoms with E-state index in [1.807, 2.05) is 12.3 Å². The van der Waals surface area contributed by atoms with Gasteiger partial charge in [0, 0.05) is 16.5 Å². The Kier molecular flexibility index (Phi) is 2.23. The number of hydrogen-bond donors (Lipinski definition) is 0. The van der Waals surface area contributed by atoms with Gasteiger partial charge >= 0.3 is 0 Å².